The van der Waals surface area contributed by atoms with Crippen LogP contribution in [0.25, 0.3) is 0 Å². The average molecular weight is 288 g/mol. The van der Waals surface area contributed by atoms with E-state index in [-0.39, 0.29) is 23.5 Å². The van der Waals surface area contributed by atoms with Crippen LogP contribution in [0.1, 0.15) is 6.42 Å². The van der Waals surface area contributed by atoms with Crippen LogP contribution in [0.5, 0.6) is 0 Å². The number of aliphatic carboxylic acids is 1. The molecule has 0 aliphatic rings. The Bertz CT molecular complexity index is 598. The Morgan fingerprint density at radius 2 is 2.11 bits per heavy atom. The number of benzene rings is 1. The van der Waals surface area contributed by atoms with Gasteiger partial charge in [-0.05, 0) is 6.07 Å². The Morgan fingerprint density at radius 3 is 2.63 bits per heavy atom. The summed E-state index contributed by atoms with van der Waals surface area (Å²) >= 11 is 0. The molecule has 0 spiro atoms. The first kappa shape index (κ1) is 15.1. The van der Waals surface area contributed by atoms with E-state index in [4.69, 9.17) is 5.11 Å². The monoisotopic (exact) mass is 288 g/mol. The molecule has 0 atom stereocenters. The Balaban J connectivity index is 3.02. The summed E-state index contributed by atoms with van der Waals surface area (Å²) in [5, 5.41) is 19.1. The van der Waals surface area contributed by atoms with Gasteiger partial charge in [-0.2, -0.15) is 0 Å². The third-order valence-corrected chi connectivity index (χ3v) is 4.23. The number of hydrogen-bond donors (Lipinski definition) is 1. The predicted molar refractivity (Wildman–Crippen MR) is 65.2 cm³/mol. The molecule has 0 aliphatic heterocycles. The molecule has 1 aromatic rings. The topological polar surface area (TPSA) is 118 Å². The highest BCUT2D eigenvalue weighted by molar-refractivity contribution is 7.89. The van der Waals surface area contributed by atoms with Crippen molar-refractivity contribution in [1.29, 1.82) is 0 Å². The Morgan fingerprint density at radius 1 is 1.47 bits per heavy atom. The second-order valence-electron chi connectivity index (χ2n) is 3.72. The predicted octanol–water partition coefficient (Wildman–Crippen LogP) is 0.690. The van der Waals surface area contributed by atoms with Crippen LogP contribution in [-0.2, 0) is 14.8 Å². The standard InChI is InChI=1S/C10H12N2O6S/c1-11(6-5-10(13)14)19(17,18)9-4-2-3-8(7-9)12(15)16/h2-4,7H,5-6H2,1H3,(H,13,14). The molecule has 0 bridgehead atoms. The number of hydrogen-bond acceptors (Lipinski definition) is 5. The summed E-state index contributed by atoms with van der Waals surface area (Å²) < 4.78 is 24.9. The molecule has 9 heteroatoms. The normalized spacial score (nSPS) is 11.5. The zero-order valence-corrected chi connectivity index (χ0v) is 10.8. The van der Waals surface area contributed by atoms with Crippen molar-refractivity contribution < 1.29 is 23.2 Å². The fourth-order valence-electron chi connectivity index (χ4n) is 1.31. The lowest BCUT2D eigenvalue weighted by molar-refractivity contribution is -0.385. The molecule has 0 unspecified atom stereocenters. The molecule has 0 aromatic heterocycles. The number of carboxylic acids is 1. The molecule has 0 saturated carbocycles. The van der Waals surface area contributed by atoms with Gasteiger partial charge in [0.05, 0.1) is 16.2 Å². The first-order valence-corrected chi connectivity index (χ1v) is 6.61. The lowest BCUT2D eigenvalue weighted by atomic mass is 10.3. The van der Waals surface area contributed by atoms with Crippen LogP contribution in [0.15, 0.2) is 29.2 Å². The molecular weight excluding hydrogens is 276 g/mol. The van der Waals surface area contributed by atoms with E-state index in [0.717, 1.165) is 10.4 Å². The Labute approximate surface area is 109 Å². The highest BCUT2D eigenvalue weighted by Crippen LogP contribution is 2.20. The lowest BCUT2D eigenvalue weighted by Gasteiger charge is -2.15. The van der Waals surface area contributed by atoms with Crippen LogP contribution in [0.2, 0.25) is 0 Å². The van der Waals surface area contributed by atoms with Crippen molar-refractivity contribution in [3.05, 3.63) is 34.4 Å². The summed E-state index contributed by atoms with van der Waals surface area (Å²) in [6, 6.07) is 4.60. The molecule has 19 heavy (non-hydrogen) atoms. The minimum absolute atomic E-state index is 0.208. The highest BCUT2D eigenvalue weighted by atomic mass is 32.2. The molecule has 0 heterocycles. The van der Waals surface area contributed by atoms with Crippen molar-refractivity contribution >= 4 is 21.7 Å². The molecule has 0 aliphatic carbocycles. The van der Waals surface area contributed by atoms with Crippen LogP contribution in [-0.4, -0.2) is 42.3 Å². The molecule has 1 N–H and O–H groups in total. The van der Waals surface area contributed by atoms with E-state index in [0.29, 0.717) is 0 Å². The van der Waals surface area contributed by atoms with Crippen molar-refractivity contribution in [2.24, 2.45) is 0 Å². The maximum Gasteiger partial charge on any atom is 0.304 e. The minimum Gasteiger partial charge on any atom is -0.481 e. The van der Waals surface area contributed by atoms with E-state index in [2.05, 4.69) is 0 Å². The van der Waals surface area contributed by atoms with Gasteiger partial charge >= 0.3 is 5.97 Å². The van der Waals surface area contributed by atoms with Crippen LogP contribution in [0, 0.1) is 10.1 Å². The van der Waals surface area contributed by atoms with Gasteiger partial charge < -0.3 is 5.11 Å². The van der Waals surface area contributed by atoms with E-state index in [9.17, 15) is 23.3 Å². The largest absolute Gasteiger partial charge is 0.481 e. The van der Waals surface area contributed by atoms with Crippen molar-refractivity contribution in [2.75, 3.05) is 13.6 Å². The van der Waals surface area contributed by atoms with Crippen LogP contribution >= 0.6 is 0 Å². The highest BCUT2D eigenvalue weighted by Gasteiger charge is 2.23. The van der Waals surface area contributed by atoms with Gasteiger partial charge in [0.2, 0.25) is 10.0 Å². The average Bonchev–Trinajstić information content (AvgIpc) is 2.35. The summed E-state index contributed by atoms with van der Waals surface area (Å²) in [6.45, 7) is -0.208. The zero-order chi connectivity index (χ0) is 14.6. The fourth-order valence-corrected chi connectivity index (χ4v) is 2.52. The maximum atomic E-state index is 12.0. The Kier molecular flexibility index (Phi) is 4.57. The van der Waals surface area contributed by atoms with E-state index >= 15 is 0 Å². The second kappa shape index (κ2) is 5.76. The van der Waals surface area contributed by atoms with Gasteiger partial charge in [0, 0.05) is 25.7 Å². The SMILES string of the molecule is CN(CCC(=O)O)S(=O)(=O)c1cccc([N+](=O)[O-])c1. The number of carbonyl (C=O) groups is 1. The van der Waals surface area contributed by atoms with E-state index in [1.165, 1.54) is 25.2 Å². The van der Waals surface area contributed by atoms with E-state index < -0.39 is 20.9 Å². The molecular formula is C10H12N2O6S. The number of nitro groups is 1. The molecule has 1 aromatic carbocycles. The molecule has 0 radical (unpaired) electrons. The number of nitro benzene ring substituents is 1. The minimum atomic E-state index is -3.93. The summed E-state index contributed by atoms with van der Waals surface area (Å²) in [6.07, 6.45) is -0.343. The molecule has 8 nitrogen and oxygen atoms in total. The molecule has 0 amide bonds. The fraction of sp³-hybridized carbons (Fsp3) is 0.300. The third kappa shape index (κ3) is 3.73. The number of non-ortho nitro benzene ring substituents is 1. The molecule has 0 saturated heterocycles. The number of carboxylic acid groups (broad SMARTS) is 1. The van der Waals surface area contributed by atoms with Crippen LogP contribution < -0.4 is 0 Å². The number of rotatable bonds is 6. The van der Waals surface area contributed by atoms with Gasteiger partial charge in [0.15, 0.2) is 0 Å². The molecule has 104 valence electrons. The first-order valence-electron chi connectivity index (χ1n) is 5.17. The van der Waals surface area contributed by atoms with E-state index in [1.54, 1.807) is 0 Å². The molecule has 0 fully saturated rings. The van der Waals surface area contributed by atoms with Gasteiger partial charge in [-0.15, -0.1) is 0 Å². The van der Waals surface area contributed by atoms with Gasteiger partial charge in [-0.3, -0.25) is 14.9 Å². The zero-order valence-electron chi connectivity index (χ0n) is 10.0. The van der Waals surface area contributed by atoms with Crippen molar-refractivity contribution in [2.45, 2.75) is 11.3 Å². The van der Waals surface area contributed by atoms with Crippen molar-refractivity contribution in [3.63, 3.8) is 0 Å². The van der Waals surface area contributed by atoms with E-state index in [1.807, 2.05) is 0 Å². The number of sulfonamides is 1. The van der Waals surface area contributed by atoms with Gasteiger partial charge in [-0.1, -0.05) is 6.07 Å². The maximum absolute atomic E-state index is 12.0. The second-order valence-corrected chi connectivity index (χ2v) is 5.77. The van der Waals surface area contributed by atoms with Crippen molar-refractivity contribution in [1.82, 2.24) is 4.31 Å². The summed E-state index contributed by atoms with van der Waals surface area (Å²) in [5.74, 6) is -1.12. The smallest absolute Gasteiger partial charge is 0.304 e. The Hall–Kier alpha value is -2.00. The lowest BCUT2D eigenvalue weighted by Crippen LogP contribution is -2.29. The van der Waals surface area contributed by atoms with Gasteiger partial charge in [0.25, 0.3) is 5.69 Å². The molecule has 1 rings (SSSR count). The van der Waals surface area contributed by atoms with Crippen LogP contribution in [0.3, 0.4) is 0 Å². The quantitative estimate of drug-likeness (QED) is 0.607. The summed E-state index contributed by atoms with van der Waals surface area (Å²) in [4.78, 5) is 20.0. The van der Waals surface area contributed by atoms with Crippen molar-refractivity contribution in [3.8, 4) is 0 Å². The summed E-state index contributed by atoms with van der Waals surface area (Å²) in [5.41, 5.74) is -0.340. The third-order valence-electron chi connectivity index (χ3n) is 2.38. The van der Waals surface area contributed by atoms with Crippen LogP contribution in [0.4, 0.5) is 5.69 Å². The van der Waals surface area contributed by atoms with Gasteiger partial charge in [-0.25, -0.2) is 12.7 Å². The van der Waals surface area contributed by atoms with Gasteiger partial charge in [0.1, 0.15) is 0 Å². The number of nitrogens with zero attached hydrogens (tertiary/aromatic N) is 2. The summed E-state index contributed by atoms with van der Waals surface area (Å²) in [7, 11) is -2.71. The first-order chi connectivity index (χ1) is 8.75.